The van der Waals surface area contributed by atoms with Crippen LogP contribution in [0.15, 0.2) is 12.1 Å². The second-order valence-corrected chi connectivity index (χ2v) is 4.99. The number of rotatable bonds is 3. The number of hydrogen-bond donors (Lipinski definition) is 1. The van der Waals surface area contributed by atoms with Gasteiger partial charge in [0.1, 0.15) is 5.75 Å². The van der Waals surface area contributed by atoms with Gasteiger partial charge in [0.25, 0.3) is 0 Å². The van der Waals surface area contributed by atoms with Crippen LogP contribution in [-0.2, 0) is 0 Å². The van der Waals surface area contributed by atoms with Crippen molar-refractivity contribution in [3.63, 3.8) is 0 Å². The third-order valence-corrected chi connectivity index (χ3v) is 3.90. The predicted molar refractivity (Wildman–Crippen MR) is 82.5 cm³/mol. The van der Waals surface area contributed by atoms with Crippen molar-refractivity contribution in [3.8, 4) is 17.0 Å². The smallest absolute Gasteiger partial charge is 0.151 e. The zero-order valence-electron chi connectivity index (χ0n) is 13.0. The lowest BCUT2D eigenvalue weighted by molar-refractivity contribution is 0.412. The number of hydrogen-bond acceptors (Lipinski definition) is 4. The maximum absolute atomic E-state index is 5.58. The van der Waals surface area contributed by atoms with Crippen LogP contribution < -0.4 is 10.1 Å². The summed E-state index contributed by atoms with van der Waals surface area (Å²) < 4.78 is 5.58. The fourth-order valence-electron chi connectivity index (χ4n) is 2.34. The molecule has 1 aromatic heterocycles. The molecular formula is C16H21N3O. The lowest BCUT2D eigenvalue weighted by Gasteiger charge is -2.16. The molecule has 0 fully saturated rings. The highest BCUT2D eigenvalue weighted by Gasteiger charge is 2.16. The Hall–Kier alpha value is -2.10. The van der Waals surface area contributed by atoms with Gasteiger partial charge in [-0.15, -0.1) is 10.2 Å². The SMILES string of the molecule is CNc1nnc(-c2ccc(C)c(C)c2OC)c(C)c1C. The van der Waals surface area contributed by atoms with Crippen LogP contribution in [0, 0.1) is 27.7 Å². The molecule has 1 heterocycles. The van der Waals surface area contributed by atoms with E-state index in [2.05, 4.69) is 48.4 Å². The molecule has 0 radical (unpaired) electrons. The van der Waals surface area contributed by atoms with E-state index in [9.17, 15) is 0 Å². The van der Waals surface area contributed by atoms with Gasteiger partial charge < -0.3 is 10.1 Å². The number of ether oxygens (including phenoxy) is 1. The van der Waals surface area contributed by atoms with E-state index in [1.807, 2.05) is 14.0 Å². The summed E-state index contributed by atoms with van der Waals surface area (Å²) in [5.74, 6) is 1.69. The molecule has 0 saturated carbocycles. The average Bonchev–Trinajstić information content (AvgIpc) is 2.45. The van der Waals surface area contributed by atoms with E-state index in [4.69, 9.17) is 4.74 Å². The van der Waals surface area contributed by atoms with E-state index in [1.165, 1.54) is 5.56 Å². The van der Waals surface area contributed by atoms with Crippen LogP contribution in [-0.4, -0.2) is 24.4 Å². The summed E-state index contributed by atoms with van der Waals surface area (Å²) in [6.45, 7) is 8.26. The lowest BCUT2D eigenvalue weighted by atomic mass is 9.98. The maximum Gasteiger partial charge on any atom is 0.151 e. The molecule has 2 rings (SSSR count). The van der Waals surface area contributed by atoms with Gasteiger partial charge in [-0.1, -0.05) is 6.07 Å². The van der Waals surface area contributed by atoms with E-state index >= 15 is 0 Å². The van der Waals surface area contributed by atoms with Crippen LogP contribution in [0.5, 0.6) is 5.75 Å². The zero-order valence-corrected chi connectivity index (χ0v) is 13.0. The first-order valence-electron chi connectivity index (χ1n) is 6.67. The minimum atomic E-state index is 0.814. The molecule has 0 unspecified atom stereocenters. The van der Waals surface area contributed by atoms with E-state index in [0.29, 0.717) is 0 Å². The molecule has 4 nitrogen and oxygen atoms in total. The molecule has 20 heavy (non-hydrogen) atoms. The molecule has 0 aliphatic heterocycles. The van der Waals surface area contributed by atoms with E-state index < -0.39 is 0 Å². The third-order valence-electron chi connectivity index (χ3n) is 3.90. The number of anilines is 1. The highest BCUT2D eigenvalue weighted by molar-refractivity contribution is 5.74. The van der Waals surface area contributed by atoms with E-state index in [1.54, 1.807) is 7.11 Å². The van der Waals surface area contributed by atoms with Gasteiger partial charge in [0, 0.05) is 12.6 Å². The Balaban J connectivity index is 2.69. The Morgan fingerprint density at radius 3 is 2.25 bits per heavy atom. The van der Waals surface area contributed by atoms with Crippen LogP contribution in [0.2, 0.25) is 0 Å². The number of aryl methyl sites for hydroxylation is 1. The van der Waals surface area contributed by atoms with Gasteiger partial charge in [-0.05, 0) is 56.0 Å². The van der Waals surface area contributed by atoms with Crippen molar-refractivity contribution in [1.29, 1.82) is 0 Å². The summed E-state index contributed by atoms with van der Waals surface area (Å²) in [7, 11) is 3.55. The van der Waals surface area contributed by atoms with Crippen LogP contribution in [0.3, 0.4) is 0 Å². The highest BCUT2D eigenvalue weighted by atomic mass is 16.5. The topological polar surface area (TPSA) is 47.0 Å². The highest BCUT2D eigenvalue weighted by Crippen LogP contribution is 2.36. The van der Waals surface area contributed by atoms with Crippen molar-refractivity contribution < 1.29 is 4.74 Å². The summed E-state index contributed by atoms with van der Waals surface area (Å²) in [5.41, 5.74) is 6.44. The van der Waals surface area contributed by atoms with Crippen LogP contribution in [0.25, 0.3) is 11.3 Å². The van der Waals surface area contributed by atoms with Crippen molar-refractivity contribution in [2.45, 2.75) is 27.7 Å². The van der Waals surface area contributed by atoms with Gasteiger partial charge in [-0.25, -0.2) is 0 Å². The normalized spacial score (nSPS) is 10.5. The lowest BCUT2D eigenvalue weighted by Crippen LogP contribution is -2.04. The standard InChI is InChI=1S/C16H21N3O/c1-9-7-8-13(15(20-6)10(9)2)14-11(3)12(4)16(17-5)19-18-14/h7-8H,1-6H3,(H,17,19). The van der Waals surface area contributed by atoms with Crippen LogP contribution >= 0.6 is 0 Å². The molecule has 0 aliphatic carbocycles. The fraction of sp³-hybridized carbons (Fsp3) is 0.375. The molecule has 106 valence electrons. The Morgan fingerprint density at radius 1 is 0.950 bits per heavy atom. The Kier molecular flexibility index (Phi) is 3.93. The first-order chi connectivity index (χ1) is 9.51. The molecule has 1 N–H and O–H groups in total. The third kappa shape index (κ3) is 2.22. The van der Waals surface area contributed by atoms with Gasteiger partial charge in [-0.2, -0.15) is 0 Å². The summed E-state index contributed by atoms with van der Waals surface area (Å²) in [5, 5.41) is 11.7. The zero-order chi connectivity index (χ0) is 14.9. The summed E-state index contributed by atoms with van der Waals surface area (Å²) in [4.78, 5) is 0. The molecule has 0 atom stereocenters. The molecule has 0 saturated heterocycles. The average molecular weight is 271 g/mol. The van der Waals surface area contributed by atoms with Crippen LogP contribution in [0.4, 0.5) is 5.82 Å². The molecule has 0 bridgehead atoms. The minimum absolute atomic E-state index is 0.814. The second-order valence-electron chi connectivity index (χ2n) is 4.99. The first kappa shape index (κ1) is 14.3. The van der Waals surface area contributed by atoms with Gasteiger partial charge in [-0.3, -0.25) is 0 Å². The monoisotopic (exact) mass is 271 g/mol. The molecule has 0 spiro atoms. The van der Waals surface area contributed by atoms with Gasteiger partial charge in [0.2, 0.25) is 0 Å². The summed E-state index contributed by atoms with van der Waals surface area (Å²) in [6, 6.07) is 4.15. The fourth-order valence-corrected chi connectivity index (χ4v) is 2.34. The number of nitrogens with one attached hydrogen (secondary N) is 1. The number of nitrogens with zero attached hydrogens (tertiary/aromatic N) is 2. The van der Waals surface area contributed by atoms with Gasteiger partial charge in [0.15, 0.2) is 5.82 Å². The molecular weight excluding hydrogens is 250 g/mol. The minimum Gasteiger partial charge on any atom is -0.496 e. The molecule has 1 aromatic carbocycles. The van der Waals surface area contributed by atoms with Crippen LogP contribution in [0.1, 0.15) is 22.3 Å². The van der Waals surface area contributed by atoms with Crippen molar-refractivity contribution >= 4 is 5.82 Å². The van der Waals surface area contributed by atoms with Crippen molar-refractivity contribution in [2.75, 3.05) is 19.5 Å². The van der Waals surface area contributed by atoms with E-state index in [0.717, 1.165) is 39.5 Å². The first-order valence-corrected chi connectivity index (χ1v) is 6.67. The van der Waals surface area contributed by atoms with Crippen molar-refractivity contribution in [1.82, 2.24) is 10.2 Å². The Morgan fingerprint density at radius 2 is 1.65 bits per heavy atom. The Labute approximate surface area is 120 Å². The second kappa shape index (κ2) is 5.49. The molecule has 4 heteroatoms. The predicted octanol–water partition coefficient (Wildman–Crippen LogP) is 3.43. The maximum atomic E-state index is 5.58. The largest absolute Gasteiger partial charge is 0.496 e. The molecule has 0 aliphatic rings. The quantitative estimate of drug-likeness (QED) is 0.929. The van der Waals surface area contributed by atoms with E-state index in [-0.39, 0.29) is 0 Å². The number of benzene rings is 1. The van der Waals surface area contributed by atoms with Crippen molar-refractivity contribution in [3.05, 3.63) is 34.4 Å². The molecule has 0 amide bonds. The van der Waals surface area contributed by atoms with Gasteiger partial charge >= 0.3 is 0 Å². The summed E-state index contributed by atoms with van der Waals surface area (Å²) in [6.07, 6.45) is 0. The molecule has 2 aromatic rings. The number of methoxy groups -OCH3 is 1. The number of aromatic nitrogens is 2. The Bertz CT molecular complexity index is 651. The van der Waals surface area contributed by atoms with Gasteiger partial charge in [0.05, 0.1) is 12.8 Å². The summed E-state index contributed by atoms with van der Waals surface area (Å²) >= 11 is 0. The van der Waals surface area contributed by atoms with Crippen molar-refractivity contribution in [2.24, 2.45) is 0 Å².